The molecule has 1 aliphatic heterocycles. The van der Waals surface area contributed by atoms with Crippen LogP contribution in [0.2, 0.25) is 0 Å². The van der Waals surface area contributed by atoms with Crippen molar-refractivity contribution < 1.29 is 28.7 Å². The molecule has 0 aliphatic carbocycles. The minimum atomic E-state index is -1.13. The van der Waals surface area contributed by atoms with Crippen LogP contribution in [0.15, 0.2) is 78.9 Å². The van der Waals surface area contributed by atoms with Gasteiger partial charge in [0.25, 0.3) is 17.7 Å². The largest absolute Gasteiger partial charge is 0.457 e. The number of nitrogens with zero attached hydrogens (tertiary/aromatic N) is 1. The van der Waals surface area contributed by atoms with Gasteiger partial charge in [-0.15, -0.1) is 0 Å². The number of amides is 3. The summed E-state index contributed by atoms with van der Waals surface area (Å²) in [5.41, 5.74) is 0.963. The van der Waals surface area contributed by atoms with Gasteiger partial charge in [-0.25, -0.2) is 0 Å². The highest BCUT2D eigenvalue weighted by Gasteiger charge is 2.37. The van der Waals surface area contributed by atoms with Crippen molar-refractivity contribution in [1.82, 2.24) is 4.90 Å². The summed E-state index contributed by atoms with van der Waals surface area (Å²) >= 11 is 0. The van der Waals surface area contributed by atoms with E-state index in [1.165, 1.54) is 19.1 Å². The Hall–Kier alpha value is -4.46. The summed E-state index contributed by atoms with van der Waals surface area (Å²) in [4.78, 5) is 50.2. The summed E-state index contributed by atoms with van der Waals surface area (Å²) < 4.78 is 10.8. The van der Waals surface area contributed by atoms with Crippen molar-refractivity contribution in [1.29, 1.82) is 0 Å². The summed E-state index contributed by atoms with van der Waals surface area (Å²) in [6, 6.07) is 22.3. The highest BCUT2D eigenvalue weighted by Crippen LogP contribution is 2.23. The summed E-state index contributed by atoms with van der Waals surface area (Å²) in [6.07, 6.45) is -1.13. The van der Waals surface area contributed by atoms with Crippen LogP contribution in [-0.4, -0.2) is 41.2 Å². The molecule has 8 heteroatoms. The highest BCUT2D eigenvalue weighted by atomic mass is 16.5. The molecule has 8 nitrogen and oxygen atoms in total. The van der Waals surface area contributed by atoms with Crippen molar-refractivity contribution in [3.05, 3.63) is 90.0 Å². The second-order valence-corrected chi connectivity index (χ2v) is 7.30. The number of benzene rings is 3. The Balaban J connectivity index is 1.29. The second kappa shape index (κ2) is 9.35. The molecular formula is C25H20N2O6. The second-order valence-electron chi connectivity index (χ2n) is 7.30. The van der Waals surface area contributed by atoms with Crippen molar-refractivity contribution in [2.45, 2.75) is 13.0 Å². The summed E-state index contributed by atoms with van der Waals surface area (Å²) in [5.74, 6) is -1.27. The van der Waals surface area contributed by atoms with Gasteiger partial charge in [-0.3, -0.25) is 24.1 Å². The average Bonchev–Trinajstić information content (AvgIpc) is 3.06. The number of nitrogens with one attached hydrogen (secondary N) is 1. The molecule has 0 fully saturated rings. The zero-order valence-corrected chi connectivity index (χ0v) is 17.7. The van der Waals surface area contributed by atoms with E-state index >= 15 is 0 Å². The van der Waals surface area contributed by atoms with Gasteiger partial charge >= 0.3 is 5.97 Å². The molecule has 166 valence electrons. The molecular weight excluding hydrogens is 424 g/mol. The van der Waals surface area contributed by atoms with Gasteiger partial charge in [0.15, 0.2) is 6.10 Å². The number of hydrogen-bond acceptors (Lipinski definition) is 6. The van der Waals surface area contributed by atoms with Gasteiger partial charge in [-0.1, -0.05) is 30.3 Å². The minimum Gasteiger partial charge on any atom is -0.457 e. The van der Waals surface area contributed by atoms with Crippen LogP contribution < -0.4 is 10.1 Å². The molecule has 0 saturated heterocycles. The smallest absolute Gasteiger partial charge is 0.326 e. The first-order valence-corrected chi connectivity index (χ1v) is 10.2. The number of imide groups is 1. The Morgan fingerprint density at radius 3 is 1.97 bits per heavy atom. The van der Waals surface area contributed by atoms with E-state index in [1.807, 2.05) is 30.3 Å². The van der Waals surface area contributed by atoms with Gasteiger partial charge in [-0.2, -0.15) is 0 Å². The third-order valence-corrected chi connectivity index (χ3v) is 4.94. The fourth-order valence-corrected chi connectivity index (χ4v) is 3.27. The van der Waals surface area contributed by atoms with Crippen LogP contribution in [0.25, 0.3) is 0 Å². The molecule has 3 amide bonds. The lowest BCUT2D eigenvalue weighted by Gasteiger charge is -2.17. The van der Waals surface area contributed by atoms with E-state index in [0.717, 1.165) is 4.90 Å². The molecule has 4 rings (SSSR count). The maximum atomic E-state index is 12.4. The first-order chi connectivity index (χ1) is 15.9. The number of fused-ring (bicyclic) bond motifs is 1. The number of anilines is 1. The Kier molecular flexibility index (Phi) is 6.17. The zero-order valence-electron chi connectivity index (χ0n) is 17.7. The van der Waals surface area contributed by atoms with E-state index < -0.39 is 36.3 Å². The Bertz CT molecular complexity index is 1170. The molecule has 3 aromatic rings. The predicted molar refractivity (Wildman–Crippen MR) is 119 cm³/mol. The van der Waals surface area contributed by atoms with E-state index in [9.17, 15) is 19.2 Å². The van der Waals surface area contributed by atoms with Crippen molar-refractivity contribution >= 4 is 29.4 Å². The molecule has 0 saturated carbocycles. The lowest BCUT2D eigenvalue weighted by atomic mass is 10.1. The predicted octanol–water partition coefficient (Wildman–Crippen LogP) is 3.65. The summed E-state index contributed by atoms with van der Waals surface area (Å²) in [6.45, 7) is 0.831. The molecule has 0 unspecified atom stereocenters. The molecule has 0 spiro atoms. The van der Waals surface area contributed by atoms with Crippen LogP contribution in [0.1, 0.15) is 27.6 Å². The molecule has 0 bridgehead atoms. The molecule has 0 aromatic heterocycles. The monoisotopic (exact) mass is 444 g/mol. The quantitative estimate of drug-likeness (QED) is 0.441. The summed E-state index contributed by atoms with van der Waals surface area (Å²) in [7, 11) is 0. The normalized spacial score (nSPS) is 13.3. The number of rotatable bonds is 7. The van der Waals surface area contributed by atoms with Gasteiger partial charge in [0.2, 0.25) is 0 Å². The van der Waals surface area contributed by atoms with Crippen LogP contribution in [0.4, 0.5) is 5.69 Å². The summed E-state index contributed by atoms with van der Waals surface area (Å²) in [5, 5.41) is 2.64. The average molecular weight is 444 g/mol. The Morgan fingerprint density at radius 2 is 1.36 bits per heavy atom. The number of carbonyl (C=O) groups excluding carboxylic acids is 4. The highest BCUT2D eigenvalue weighted by molar-refractivity contribution is 6.22. The number of hydrogen-bond donors (Lipinski definition) is 1. The molecule has 1 heterocycles. The van der Waals surface area contributed by atoms with Crippen molar-refractivity contribution in [3.63, 3.8) is 0 Å². The van der Waals surface area contributed by atoms with Gasteiger partial charge < -0.3 is 14.8 Å². The Morgan fingerprint density at radius 1 is 0.818 bits per heavy atom. The molecule has 3 aromatic carbocycles. The lowest BCUT2D eigenvalue weighted by Crippen LogP contribution is -2.38. The first kappa shape index (κ1) is 21.8. The van der Waals surface area contributed by atoms with Crippen LogP contribution in [0.3, 0.4) is 0 Å². The van der Waals surface area contributed by atoms with Crippen molar-refractivity contribution in [2.24, 2.45) is 0 Å². The van der Waals surface area contributed by atoms with E-state index in [-0.39, 0.29) is 11.1 Å². The van der Waals surface area contributed by atoms with Crippen molar-refractivity contribution in [2.75, 3.05) is 11.9 Å². The molecule has 1 N–H and O–H groups in total. The van der Waals surface area contributed by atoms with Crippen LogP contribution in [-0.2, 0) is 14.3 Å². The van der Waals surface area contributed by atoms with Crippen LogP contribution >= 0.6 is 0 Å². The molecule has 1 atom stereocenters. The SMILES string of the molecule is C[C@@H](OC(=O)CN1C(=O)c2ccccc2C1=O)C(=O)Nc1ccc(Oc2ccccc2)cc1. The van der Waals surface area contributed by atoms with Gasteiger partial charge in [-0.05, 0) is 55.5 Å². The first-order valence-electron chi connectivity index (χ1n) is 10.2. The van der Waals surface area contributed by atoms with E-state index in [2.05, 4.69) is 5.32 Å². The van der Waals surface area contributed by atoms with Gasteiger partial charge in [0.05, 0.1) is 11.1 Å². The lowest BCUT2D eigenvalue weighted by molar-refractivity contribution is -0.153. The molecule has 0 radical (unpaired) electrons. The van der Waals surface area contributed by atoms with E-state index in [1.54, 1.807) is 36.4 Å². The number of ether oxygens (including phenoxy) is 2. The number of esters is 1. The standard InChI is InChI=1S/C25H20N2O6/c1-16(32-22(28)15-27-24(30)20-9-5-6-10-21(20)25(27)31)23(29)26-17-11-13-19(14-12-17)33-18-7-3-2-4-8-18/h2-14,16H,15H2,1H3,(H,26,29)/t16-/m1/s1. The third-order valence-electron chi connectivity index (χ3n) is 4.94. The van der Waals surface area contributed by atoms with E-state index in [0.29, 0.717) is 17.2 Å². The fourth-order valence-electron chi connectivity index (χ4n) is 3.27. The third kappa shape index (κ3) is 4.90. The Labute approximate surface area is 189 Å². The topological polar surface area (TPSA) is 102 Å². The number of carbonyl (C=O) groups is 4. The maximum absolute atomic E-state index is 12.4. The van der Waals surface area contributed by atoms with Crippen LogP contribution in [0.5, 0.6) is 11.5 Å². The number of para-hydroxylation sites is 1. The molecule has 1 aliphatic rings. The molecule has 33 heavy (non-hydrogen) atoms. The van der Waals surface area contributed by atoms with Gasteiger partial charge in [0.1, 0.15) is 18.0 Å². The zero-order chi connectivity index (χ0) is 23.4. The van der Waals surface area contributed by atoms with E-state index in [4.69, 9.17) is 9.47 Å². The van der Waals surface area contributed by atoms with Crippen LogP contribution in [0, 0.1) is 0 Å². The van der Waals surface area contributed by atoms with Crippen molar-refractivity contribution in [3.8, 4) is 11.5 Å². The maximum Gasteiger partial charge on any atom is 0.326 e. The minimum absolute atomic E-state index is 0.237. The van der Waals surface area contributed by atoms with Gasteiger partial charge in [0, 0.05) is 5.69 Å². The fraction of sp³-hybridized carbons (Fsp3) is 0.120.